The van der Waals surface area contributed by atoms with E-state index in [0.717, 1.165) is 22.3 Å². The van der Waals surface area contributed by atoms with Crippen LogP contribution in [0.3, 0.4) is 0 Å². The second-order valence-corrected chi connectivity index (χ2v) is 11.2. The summed E-state index contributed by atoms with van der Waals surface area (Å²) < 4.78 is 19.6. The number of allylic oxidation sites excluding steroid dienone is 2. The van der Waals surface area contributed by atoms with Gasteiger partial charge in [-0.25, -0.2) is 4.79 Å². The largest absolute Gasteiger partial charge is 0.423 e. The molecule has 0 unspecified atom stereocenters. The zero-order valence-electron chi connectivity index (χ0n) is 23.8. The smallest absolute Gasteiger partial charge is 0.343 e. The van der Waals surface area contributed by atoms with E-state index in [0.29, 0.717) is 18.6 Å². The van der Waals surface area contributed by atoms with Crippen molar-refractivity contribution in [2.45, 2.75) is 58.5 Å². The highest BCUT2D eigenvalue weighted by Crippen LogP contribution is 2.52. The number of non-ortho nitro benzene ring substituents is 1. The van der Waals surface area contributed by atoms with E-state index in [1.807, 2.05) is 54.6 Å². The average molecular weight is 554 g/mol. The summed E-state index contributed by atoms with van der Waals surface area (Å²) in [6.45, 7) is 8.45. The predicted molar refractivity (Wildman–Crippen MR) is 157 cm³/mol. The molecule has 7 heteroatoms. The first-order chi connectivity index (χ1) is 19.7. The summed E-state index contributed by atoms with van der Waals surface area (Å²) in [5.74, 6) is 0.139. The fourth-order valence-electron chi connectivity index (χ4n) is 5.69. The molecule has 7 nitrogen and oxygen atoms in total. The Morgan fingerprint density at radius 3 is 2.12 bits per heavy atom. The first-order valence-electron chi connectivity index (χ1n) is 14.1. The van der Waals surface area contributed by atoms with Gasteiger partial charge in [-0.1, -0.05) is 88.4 Å². The molecule has 0 spiro atoms. The summed E-state index contributed by atoms with van der Waals surface area (Å²) in [5.41, 5.74) is 3.13. The number of esters is 1. The zero-order valence-corrected chi connectivity index (χ0v) is 23.8. The first kappa shape index (κ1) is 28.5. The topological polar surface area (TPSA) is 87.9 Å². The Morgan fingerprint density at radius 2 is 1.54 bits per heavy atom. The molecule has 3 aromatic rings. The molecule has 3 aromatic carbocycles. The number of nitro groups is 1. The van der Waals surface area contributed by atoms with Crippen molar-refractivity contribution in [2.24, 2.45) is 11.8 Å². The third-order valence-electron chi connectivity index (χ3n) is 7.70. The van der Waals surface area contributed by atoms with Gasteiger partial charge in [-0.15, -0.1) is 0 Å². The predicted octanol–water partition coefficient (Wildman–Crippen LogP) is 7.83. The number of nitro benzene ring substituents is 1. The van der Waals surface area contributed by atoms with E-state index < -0.39 is 22.8 Å². The van der Waals surface area contributed by atoms with E-state index in [4.69, 9.17) is 14.2 Å². The maximum absolute atomic E-state index is 13.4. The highest BCUT2D eigenvalue weighted by molar-refractivity contribution is 5.91. The minimum Gasteiger partial charge on any atom is -0.423 e. The molecule has 212 valence electrons. The SMILES string of the molecule is CC(C)[C@H]1O[C@@H](C(C)C)[C@](C2=CC(OC(=O)c3ccc([N+](=O)[O-])cc3)=C(c3ccccc3)CC2)(c2ccccc2)O1. The standard InChI is InChI=1S/C34H35NO6/c1-22(2)31-34(26-13-9-6-10-14-26,41-33(40-31)23(3)4)27-17-20-29(24-11-7-5-8-12-24)30(21-27)39-32(36)25-15-18-28(19-16-25)35(37)38/h5-16,18-19,21-23,31,33H,17,20H2,1-4H3/t31-,33-,34+/m0/s1. The number of carbonyl (C=O) groups is 1. The van der Waals surface area contributed by atoms with Gasteiger partial charge in [0.05, 0.1) is 10.5 Å². The number of rotatable bonds is 8. The minimum atomic E-state index is -0.863. The second-order valence-electron chi connectivity index (χ2n) is 11.2. The van der Waals surface area contributed by atoms with Crippen LogP contribution in [-0.4, -0.2) is 23.3 Å². The van der Waals surface area contributed by atoms with Gasteiger partial charge in [-0.05, 0) is 53.7 Å². The Labute approximate surface area is 240 Å². The van der Waals surface area contributed by atoms with Crippen LogP contribution in [-0.2, 0) is 19.8 Å². The van der Waals surface area contributed by atoms with Crippen molar-refractivity contribution in [3.05, 3.63) is 129 Å². The van der Waals surface area contributed by atoms with Crippen LogP contribution >= 0.6 is 0 Å². The van der Waals surface area contributed by atoms with Crippen LogP contribution in [0.4, 0.5) is 5.69 Å². The number of ether oxygens (including phenoxy) is 3. The van der Waals surface area contributed by atoms with Gasteiger partial charge >= 0.3 is 5.97 Å². The zero-order chi connectivity index (χ0) is 29.1. The van der Waals surface area contributed by atoms with Crippen LogP contribution in [0.15, 0.2) is 102 Å². The summed E-state index contributed by atoms with van der Waals surface area (Å²) in [7, 11) is 0. The summed E-state index contributed by atoms with van der Waals surface area (Å²) in [6, 6.07) is 25.4. The highest BCUT2D eigenvalue weighted by Gasteiger charge is 2.55. The van der Waals surface area contributed by atoms with E-state index in [1.54, 1.807) is 0 Å². The molecule has 0 saturated carbocycles. The van der Waals surface area contributed by atoms with Crippen molar-refractivity contribution in [1.29, 1.82) is 0 Å². The third-order valence-corrected chi connectivity index (χ3v) is 7.70. The molecule has 1 aliphatic carbocycles. The summed E-state index contributed by atoms with van der Waals surface area (Å²) in [4.78, 5) is 24.0. The number of hydrogen-bond acceptors (Lipinski definition) is 6. The van der Waals surface area contributed by atoms with Gasteiger partial charge in [0, 0.05) is 23.6 Å². The number of carbonyl (C=O) groups excluding carboxylic acids is 1. The van der Waals surface area contributed by atoms with E-state index in [-0.39, 0.29) is 29.2 Å². The lowest BCUT2D eigenvalue weighted by Gasteiger charge is -2.39. The molecule has 41 heavy (non-hydrogen) atoms. The van der Waals surface area contributed by atoms with Gasteiger partial charge in [0.1, 0.15) is 17.5 Å². The van der Waals surface area contributed by atoms with Crippen molar-refractivity contribution in [1.82, 2.24) is 0 Å². The Balaban J connectivity index is 1.63. The summed E-state index contributed by atoms with van der Waals surface area (Å²) >= 11 is 0. The lowest BCUT2D eigenvalue weighted by Crippen LogP contribution is -2.42. The van der Waals surface area contributed by atoms with Gasteiger partial charge in [-0.2, -0.15) is 0 Å². The van der Waals surface area contributed by atoms with Crippen molar-refractivity contribution in [3.63, 3.8) is 0 Å². The number of benzene rings is 3. The van der Waals surface area contributed by atoms with Crippen molar-refractivity contribution < 1.29 is 23.9 Å². The molecule has 1 heterocycles. The van der Waals surface area contributed by atoms with Gasteiger partial charge in [0.25, 0.3) is 5.69 Å². The molecule has 2 aliphatic rings. The van der Waals surface area contributed by atoms with Gasteiger partial charge in [0.15, 0.2) is 6.29 Å². The summed E-state index contributed by atoms with van der Waals surface area (Å²) in [5, 5.41) is 11.1. The monoisotopic (exact) mass is 553 g/mol. The van der Waals surface area contributed by atoms with Crippen LogP contribution in [0.1, 0.15) is 62.0 Å². The van der Waals surface area contributed by atoms with Crippen LogP contribution < -0.4 is 0 Å². The molecule has 3 atom stereocenters. The lowest BCUT2D eigenvalue weighted by atomic mass is 9.73. The van der Waals surface area contributed by atoms with Crippen molar-refractivity contribution in [2.75, 3.05) is 0 Å². The normalized spacial score (nSPS) is 22.6. The molecule has 0 amide bonds. The molecular weight excluding hydrogens is 518 g/mol. The molecule has 0 aromatic heterocycles. The highest BCUT2D eigenvalue weighted by atomic mass is 16.7. The molecule has 0 bridgehead atoms. The third kappa shape index (κ3) is 5.60. The van der Waals surface area contributed by atoms with Gasteiger partial charge in [0.2, 0.25) is 0 Å². The Kier molecular flexibility index (Phi) is 8.20. The fourth-order valence-corrected chi connectivity index (χ4v) is 5.69. The maximum atomic E-state index is 13.4. The van der Waals surface area contributed by atoms with Gasteiger partial charge < -0.3 is 14.2 Å². The lowest BCUT2D eigenvalue weighted by molar-refractivity contribution is -0.384. The fraction of sp³-hybridized carbons (Fsp3) is 0.324. The molecule has 1 saturated heterocycles. The molecule has 1 aliphatic heterocycles. The molecular formula is C34H35NO6. The van der Waals surface area contributed by atoms with E-state index in [2.05, 4.69) is 39.8 Å². The Hall–Kier alpha value is -4.07. The molecule has 1 fully saturated rings. The second kappa shape index (κ2) is 11.8. The summed E-state index contributed by atoms with van der Waals surface area (Å²) in [6.07, 6.45) is 2.62. The van der Waals surface area contributed by atoms with E-state index >= 15 is 0 Å². The van der Waals surface area contributed by atoms with Crippen LogP contribution in [0.5, 0.6) is 0 Å². The number of nitrogens with zero attached hydrogens (tertiary/aromatic N) is 1. The Bertz CT molecular complexity index is 1460. The van der Waals surface area contributed by atoms with Crippen molar-refractivity contribution in [3.8, 4) is 0 Å². The Morgan fingerprint density at radius 1 is 0.902 bits per heavy atom. The van der Waals surface area contributed by atoms with Crippen molar-refractivity contribution >= 4 is 17.2 Å². The van der Waals surface area contributed by atoms with Crippen LogP contribution in [0.2, 0.25) is 0 Å². The first-order valence-corrected chi connectivity index (χ1v) is 14.1. The van der Waals surface area contributed by atoms with Gasteiger partial charge in [-0.3, -0.25) is 10.1 Å². The quantitative estimate of drug-likeness (QED) is 0.160. The van der Waals surface area contributed by atoms with Crippen LogP contribution in [0, 0.1) is 22.0 Å². The average Bonchev–Trinajstić information content (AvgIpc) is 3.41. The minimum absolute atomic E-state index is 0.0896. The van der Waals surface area contributed by atoms with E-state index in [9.17, 15) is 14.9 Å². The maximum Gasteiger partial charge on any atom is 0.343 e. The molecule has 0 N–H and O–H groups in total. The number of hydrogen-bond donors (Lipinski definition) is 0. The van der Waals surface area contributed by atoms with Crippen LogP contribution in [0.25, 0.3) is 5.57 Å². The molecule has 5 rings (SSSR count). The van der Waals surface area contributed by atoms with E-state index in [1.165, 1.54) is 24.3 Å². The molecule has 0 radical (unpaired) electrons.